The first-order valence-electron chi connectivity index (χ1n) is 7.05. The molecule has 0 bridgehead atoms. The van der Waals surface area contributed by atoms with E-state index in [1.165, 1.54) is 12.1 Å². The van der Waals surface area contributed by atoms with Gasteiger partial charge in [0.1, 0.15) is 5.82 Å². The van der Waals surface area contributed by atoms with Crippen LogP contribution in [0.3, 0.4) is 0 Å². The topological polar surface area (TPSA) is 37.3 Å². The van der Waals surface area contributed by atoms with Crippen LogP contribution in [0.25, 0.3) is 17.2 Å². The lowest BCUT2D eigenvalue weighted by atomic mass is 10.0. The molecule has 0 radical (unpaired) electrons. The maximum atomic E-state index is 13.6. The predicted octanol–water partition coefficient (Wildman–Crippen LogP) is 4.63. The second-order valence-corrected chi connectivity index (χ2v) is 5.33. The first-order chi connectivity index (χ1) is 10.6. The van der Waals surface area contributed by atoms with Crippen LogP contribution < -0.4 is 0 Å². The minimum absolute atomic E-state index is 0.103. The van der Waals surface area contributed by atoms with E-state index in [0.29, 0.717) is 11.1 Å². The van der Waals surface area contributed by atoms with Crippen molar-refractivity contribution in [3.05, 3.63) is 76.6 Å². The maximum absolute atomic E-state index is 13.6. The minimum Gasteiger partial charge on any atom is -0.481 e. The molecule has 1 aliphatic rings. The van der Waals surface area contributed by atoms with E-state index in [1.807, 2.05) is 43.3 Å². The number of carboxylic acid groups (broad SMARTS) is 1. The molecular formula is C19H15FO2. The Morgan fingerprint density at radius 1 is 1.14 bits per heavy atom. The number of allylic oxidation sites excluding steroid dienone is 2. The van der Waals surface area contributed by atoms with Gasteiger partial charge in [-0.2, -0.15) is 0 Å². The van der Waals surface area contributed by atoms with Gasteiger partial charge in [0.2, 0.25) is 0 Å². The van der Waals surface area contributed by atoms with Gasteiger partial charge in [-0.3, -0.25) is 4.79 Å². The molecule has 0 saturated heterocycles. The fourth-order valence-electron chi connectivity index (χ4n) is 2.85. The lowest BCUT2D eigenvalue weighted by molar-refractivity contribution is -0.135. The molecule has 0 aromatic heterocycles. The molecule has 0 spiro atoms. The highest BCUT2D eigenvalue weighted by Gasteiger charge is 2.25. The molecule has 0 fully saturated rings. The Kier molecular flexibility index (Phi) is 3.63. The first-order valence-corrected chi connectivity index (χ1v) is 7.05. The van der Waals surface area contributed by atoms with Crippen molar-refractivity contribution in [2.24, 2.45) is 0 Å². The normalized spacial score (nSPS) is 15.3. The number of hydrogen-bond donors (Lipinski definition) is 1. The molecule has 3 heteroatoms. The van der Waals surface area contributed by atoms with Crippen molar-refractivity contribution in [1.82, 2.24) is 0 Å². The van der Waals surface area contributed by atoms with Crippen molar-refractivity contribution in [2.75, 3.05) is 0 Å². The third kappa shape index (κ3) is 2.58. The maximum Gasteiger partial charge on any atom is 0.307 e. The summed E-state index contributed by atoms with van der Waals surface area (Å²) >= 11 is 0. The van der Waals surface area contributed by atoms with Gasteiger partial charge in [-0.05, 0) is 58.5 Å². The molecule has 1 N–H and O–H groups in total. The van der Waals surface area contributed by atoms with Gasteiger partial charge in [-0.25, -0.2) is 4.39 Å². The van der Waals surface area contributed by atoms with Crippen molar-refractivity contribution < 1.29 is 14.3 Å². The summed E-state index contributed by atoms with van der Waals surface area (Å²) in [5.41, 5.74) is 5.14. The Labute approximate surface area is 128 Å². The summed E-state index contributed by atoms with van der Waals surface area (Å²) in [4.78, 5) is 11.1. The Hall–Kier alpha value is -2.68. The summed E-state index contributed by atoms with van der Waals surface area (Å²) in [5, 5.41) is 9.12. The summed E-state index contributed by atoms with van der Waals surface area (Å²) in [6, 6.07) is 14.4. The number of hydrogen-bond acceptors (Lipinski definition) is 1. The second kappa shape index (κ2) is 5.60. The molecule has 3 rings (SSSR count). The zero-order chi connectivity index (χ0) is 15.7. The van der Waals surface area contributed by atoms with Gasteiger partial charge in [0.05, 0.1) is 6.42 Å². The lowest BCUT2D eigenvalue weighted by Gasteiger charge is -2.04. The third-order valence-electron chi connectivity index (χ3n) is 3.89. The molecule has 0 aliphatic heterocycles. The largest absolute Gasteiger partial charge is 0.481 e. The molecule has 0 saturated carbocycles. The minimum atomic E-state index is -0.912. The number of fused-ring (bicyclic) bond motifs is 1. The molecule has 22 heavy (non-hydrogen) atoms. The fourth-order valence-corrected chi connectivity index (χ4v) is 2.85. The molecule has 110 valence electrons. The zero-order valence-electron chi connectivity index (χ0n) is 12.1. The fraction of sp³-hybridized carbons (Fsp3) is 0.105. The summed E-state index contributed by atoms with van der Waals surface area (Å²) in [7, 11) is 0. The Bertz CT molecular complexity index is 801. The first kappa shape index (κ1) is 14.3. The molecule has 2 nitrogen and oxygen atoms in total. The number of benzene rings is 2. The van der Waals surface area contributed by atoms with E-state index in [4.69, 9.17) is 5.11 Å². The van der Waals surface area contributed by atoms with Gasteiger partial charge < -0.3 is 5.11 Å². The number of carboxylic acids is 1. The number of carbonyl (C=O) groups is 1. The van der Waals surface area contributed by atoms with E-state index >= 15 is 0 Å². The highest BCUT2D eigenvalue weighted by atomic mass is 19.1. The second-order valence-electron chi connectivity index (χ2n) is 5.33. The number of halogens is 1. The SMILES string of the molecule is CC1=C(CC(=O)O)c2cc(F)ccc2C1=Cc1ccccc1. The van der Waals surface area contributed by atoms with Gasteiger partial charge in [-0.15, -0.1) is 0 Å². The van der Waals surface area contributed by atoms with E-state index < -0.39 is 5.97 Å². The van der Waals surface area contributed by atoms with Crippen LogP contribution in [0.1, 0.15) is 30.0 Å². The Balaban J connectivity index is 2.17. The van der Waals surface area contributed by atoms with Crippen LogP contribution in [-0.2, 0) is 4.79 Å². The lowest BCUT2D eigenvalue weighted by Crippen LogP contribution is -1.97. The summed E-state index contributed by atoms with van der Waals surface area (Å²) in [6.07, 6.45) is 1.91. The molecule has 0 atom stereocenters. The van der Waals surface area contributed by atoms with E-state index in [1.54, 1.807) is 6.07 Å². The van der Waals surface area contributed by atoms with Crippen LogP contribution in [-0.4, -0.2) is 11.1 Å². The molecule has 2 aromatic carbocycles. The zero-order valence-corrected chi connectivity index (χ0v) is 12.1. The van der Waals surface area contributed by atoms with Crippen molar-refractivity contribution in [2.45, 2.75) is 13.3 Å². The number of rotatable bonds is 3. The molecule has 1 aliphatic carbocycles. The highest BCUT2D eigenvalue weighted by Crippen LogP contribution is 2.43. The van der Waals surface area contributed by atoms with Crippen molar-refractivity contribution in [3.8, 4) is 0 Å². The molecule has 0 heterocycles. The van der Waals surface area contributed by atoms with Crippen molar-refractivity contribution in [3.63, 3.8) is 0 Å². The van der Waals surface area contributed by atoms with Crippen molar-refractivity contribution >= 4 is 23.2 Å². The van der Waals surface area contributed by atoms with Gasteiger partial charge in [0, 0.05) is 0 Å². The van der Waals surface area contributed by atoms with Gasteiger partial charge in [0.15, 0.2) is 0 Å². The van der Waals surface area contributed by atoms with Crippen LogP contribution in [0.15, 0.2) is 54.1 Å². The highest BCUT2D eigenvalue weighted by molar-refractivity contribution is 6.07. The quantitative estimate of drug-likeness (QED) is 0.896. The molecule has 2 aromatic rings. The van der Waals surface area contributed by atoms with E-state index in [2.05, 4.69) is 0 Å². The van der Waals surface area contributed by atoms with Crippen LogP contribution in [0.4, 0.5) is 4.39 Å². The average Bonchev–Trinajstić information content (AvgIpc) is 2.73. The summed E-state index contributed by atoms with van der Waals surface area (Å²) in [6.45, 7) is 1.89. The molecular weight excluding hydrogens is 279 g/mol. The molecule has 0 amide bonds. The van der Waals surface area contributed by atoms with Gasteiger partial charge in [-0.1, -0.05) is 36.4 Å². The number of aliphatic carboxylic acids is 1. The van der Waals surface area contributed by atoms with E-state index in [0.717, 1.165) is 22.3 Å². The van der Waals surface area contributed by atoms with Crippen LogP contribution in [0, 0.1) is 5.82 Å². The molecule has 0 unspecified atom stereocenters. The Morgan fingerprint density at radius 3 is 2.55 bits per heavy atom. The average molecular weight is 294 g/mol. The van der Waals surface area contributed by atoms with E-state index in [9.17, 15) is 9.18 Å². The van der Waals surface area contributed by atoms with Gasteiger partial charge >= 0.3 is 5.97 Å². The van der Waals surface area contributed by atoms with Crippen LogP contribution >= 0.6 is 0 Å². The third-order valence-corrected chi connectivity index (χ3v) is 3.89. The van der Waals surface area contributed by atoms with Crippen molar-refractivity contribution in [1.29, 1.82) is 0 Å². The van der Waals surface area contributed by atoms with Crippen LogP contribution in [0.2, 0.25) is 0 Å². The van der Waals surface area contributed by atoms with E-state index in [-0.39, 0.29) is 12.2 Å². The smallest absolute Gasteiger partial charge is 0.307 e. The standard InChI is InChI=1S/C19H15FO2/c1-12-16(9-13-5-3-2-4-6-13)15-8-7-14(20)10-18(15)17(12)11-19(21)22/h2-10H,11H2,1H3,(H,21,22). The summed E-state index contributed by atoms with van der Waals surface area (Å²) in [5.74, 6) is -1.26. The Morgan fingerprint density at radius 2 is 1.86 bits per heavy atom. The van der Waals surface area contributed by atoms with Crippen LogP contribution in [0.5, 0.6) is 0 Å². The summed E-state index contributed by atoms with van der Waals surface area (Å²) < 4.78 is 13.6. The van der Waals surface area contributed by atoms with Gasteiger partial charge in [0.25, 0.3) is 0 Å². The monoisotopic (exact) mass is 294 g/mol. The predicted molar refractivity (Wildman–Crippen MR) is 85.6 cm³/mol.